The van der Waals surface area contributed by atoms with Crippen LogP contribution in [0.1, 0.15) is 39.0 Å². The zero-order valence-electron chi connectivity index (χ0n) is 9.45. The minimum atomic E-state index is 0.247. The Morgan fingerprint density at radius 2 is 1.80 bits per heavy atom. The summed E-state index contributed by atoms with van der Waals surface area (Å²) in [6.45, 7) is 1.64. The molecule has 1 aliphatic carbocycles. The molecule has 1 nitrogen and oxygen atoms in total. The number of hydrogen-bond donors (Lipinski definition) is 0. The summed E-state index contributed by atoms with van der Waals surface area (Å²) in [4.78, 5) is 10.7. The van der Waals surface area contributed by atoms with E-state index in [1.807, 2.05) is 0 Å². The highest BCUT2D eigenvalue weighted by Gasteiger charge is 2.02. The third kappa shape index (κ3) is 6.56. The van der Waals surface area contributed by atoms with Crippen LogP contribution in [0.25, 0.3) is 0 Å². The summed E-state index contributed by atoms with van der Waals surface area (Å²) in [6.07, 6.45) is 15.1. The van der Waals surface area contributed by atoms with Gasteiger partial charge in [0.25, 0.3) is 0 Å². The van der Waals surface area contributed by atoms with Crippen molar-refractivity contribution in [1.82, 2.24) is 0 Å². The van der Waals surface area contributed by atoms with Crippen molar-refractivity contribution in [3.63, 3.8) is 0 Å². The molecule has 1 aliphatic rings. The number of carbonyl (C=O) groups excluding carboxylic acids is 1. The second-order valence-corrected chi connectivity index (χ2v) is 5.25. The third-order valence-corrected chi connectivity index (χ3v) is 3.46. The first-order chi connectivity index (χ1) is 7.29. The van der Waals surface area contributed by atoms with Crippen molar-refractivity contribution >= 4 is 16.9 Å². The fourth-order valence-electron chi connectivity index (χ4n) is 1.72. The minimum absolute atomic E-state index is 0.247. The van der Waals surface area contributed by atoms with Gasteiger partial charge in [-0.2, -0.15) is 0 Å². The van der Waals surface area contributed by atoms with Crippen molar-refractivity contribution in [3.05, 3.63) is 24.3 Å². The quantitative estimate of drug-likeness (QED) is 0.609. The smallest absolute Gasteiger partial charge is 0.185 e. The fraction of sp³-hybridized carbons (Fsp3) is 0.615. The molecule has 0 unspecified atom stereocenters. The van der Waals surface area contributed by atoms with E-state index in [1.165, 1.54) is 43.9 Å². The minimum Gasteiger partial charge on any atom is -0.288 e. The van der Waals surface area contributed by atoms with E-state index in [2.05, 4.69) is 24.3 Å². The summed E-state index contributed by atoms with van der Waals surface area (Å²) in [5.41, 5.74) is 0. The Labute approximate surface area is 97.0 Å². The van der Waals surface area contributed by atoms with Gasteiger partial charge in [0.15, 0.2) is 5.12 Å². The van der Waals surface area contributed by atoms with Crippen LogP contribution in [0.15, 0.2) is 24.3 Å². The van der Waals surface area contributed by atoms with Gasteiger partial charge in [0.2, 0.25) is 0 Å². The van der Waals surface area contributed by atoms with E-state index in [1.54, 1.807) is 6.92 Å². The van der Waals surface area contributed by atoms with Gasteiger partial charge < -0.3 is 0 Å². The lowest BCUT2D eigenvalue weighted by Crippen LogP contribution is -1.90. The Bertz CT molecular complexity index is 231. The van der Waals surface area contributed by atoms with Gasteiger partial charge in [-0.15, -0.1) is 0 Å². The van der Waals surface area contributed by atoms with E-state index in [-0.39, 0.29) is 5.12 Å². The normalized spacial score (nSPS) is 15.0. The number of carbonyl (C=O) groups is 1. The van der Waals surface area contributed by atoms with Crippen LogP contribution < -0.4 is 0 Å². The molecule has 0 spiro atoms. The maximum Gasteiger partial charge on any atom is 0.185 e. The largest absolute Gasteiger partial charge is 0.288 e. The van der Waals surface area contributed by atoms with Crippen LogP contribution in [0, 0.1) is 5.92 Å². The molecule has 0 aromatic rings. The molecule has 0 atom stereocenters. The Hall–Kier alpha value is -0.500. The predicted molar refractivity (Wildman–Crippen MR) is 68.0 cm³/mol. The van der Waals surface area contributed by atoms with E-state index in [9.17, 15) is 4.79 Å². The zero-order chi connectivity index (χ0) is 10.9. The average Bonchev–Trinajstić information content (AvgIpc) is 2.68. The molecular formula is C13H20OS. The lowest BCUT2D eigenvalue weighted by atomic mass is 10.0. The number of unbranched alkanes of at least 4 members (excludes halogenated alkanes) is 3. The Kier molecular flexibility index (Phi) is 6.49. The molecule has 0 aromatic heterocycles. The highest BCUT2D eigenvalue weighted by Crippen LogP contribution is 2.17. The summed E-state index contributed by atoms with van der Waals surface area (Å²) in [5.74, 6) is 1.69. The van der Waals surface area contributed by atoms with Crippen LogP contribution in [0.2, 0.25) is 0 Å². The molecule has 0 heterocycles. The monoisotopic (exact) mass is 224 g/mol. The molecule has 0 fully saturated rings. The van der Waals surface area contributed by atoms with Gasteiger partial charge >= 0.3 is 0 Å². The van der Waals surface area contributed by atoms with Gasteiger partial charge in [0, 0.05) is 12.7 Å². The molecule has 1 rings (SSSR count). The molecular weight excluding hydrogens is 204 g/mol. The molecule has 0 radical (unpaired) electrons. The maximum atomic E-state index is 10.7. The molecule has 0 amide bonds. The lowest BCUT2D eigenvalue weighted by molar-refractivity contribution is -0.109. The average molecular weight is 224 g/mol. The van der Waals surface area contributed by atoms with Crippen molar-refractivity contribution in [3.8, 4) is 0 Å². The topological polar surface area (TPSA) is 17.1 Å². The lowest BCUT2D eigenvalue weighted by Gasteiger charge is -2.04. The molecule has 0 aromatic carbocycles. The highest BCUT2D eigenvalue weighted by molar-refractivity contribution is 8.13. The Morgan fingerprint density at radius 3 is 2.47 bits per heavy atom. The van der Waals surface area contributed by atoms with Crippen LogP contribution in [-0.4, -0.2) is 10.9 Å². The van der Waals surface area contributed by atoms with Crippen molar-refractivity contribution < 1.29 is 4.79 Å². The first-order valence-electron chi connectivity index (χ1n) is 5.77. The fourth-order valence-corrected chi connectivity index (χ4v) is 2.36. The van der Waals surface area contributed by atoms with E-state index in [4.69, 9.17) is 0 Å². The van der Waals surface area contributed by atoms with Crippen LogP contribution in [-0.2, 0) is 4.79 Å². The summed E-state index contributed by atoms with van der Waals surface area (Å²) in [7, 11) is 0. The number of rotatable bonds is 7. The van der Waals surface area contributed by atoms with Crippen LogP contribution >= 0.6 is 11.8 Å². The Balaban J connectivity index is 1.83. The highest BCUT2D eigenvalue weighted by atomic mass is 32.2. The number of allylic oxidation sites excluding steroid dienone is 4. The Morgan fingerprint density at radius 1 is 1.13 bits per heavy atom. The molecule has 0 aliphatic heterocycles. The molecule has 0 saturated heterocycles. The van der Waals surface area contributed by atoms with Crippen LogP contribution in [0.4, 0.5) is 0 Å². The SMILES string of the molecule is CC(=O)SCCCCCCC1C=CC=C1. The van der Waals surface area contributed by atoms with Gasteiger partial charge in [0.05, 0.1) is 0 Å². The molecule has 84 valence electrons. The molecule has 0 N–H and O–H groups in total. The summed E-state index contributed by atoms with van der Waals surface area (Å²) in [6, 6.07) is 0. The third-order valence-electron chi connectivity index (χ3n) is 2.56. The maximum absolute atomic E-state index is 10.7. The molecule has 2 heteroatoms. The van der Waals surface area contributed by atoms with E-state index in [0.717, 1.165) is 5.75 Å². The number of thioether (sulfide) groups is 1. The summed E-state index contributed by atoms with van der Waals surface area (Å²) < 4.78 is 0. The van der Waals surface area contributed by atoms with Gasteiger partial charge in [-0.05, 0) is 18.8 Å². The van der Waals surface area contributed by atoms with Gasteiger partial charge in [-0.1, -0.05) is 55.3 Å². The van der Waals surface area contributed by atoms with Gasteiger partial charge in [-0.3, -0.25) is 4.79 Å². The first kappa shape index (κ1) is 12.6. The first-order valence-corrected chi connectivity index (χ1v) is 6.76. The van der Waals surface area contributed by atoms with Crippen LogP contribution in [0.3, 0.4) is 0 Å². The van der Waals surface area contributed by atoms with Crippen molar-refractivity contribution in [1.29, 1.82) is 0 Å². The van der Waals surface area contributed by atoms with E-state index >= 15 is 0 Å². The number of hydrogen-bond acceptors (Lipinski definition) is 2. The summed E-state index contributed by atoms with van der Waals surface area (Å²) in [5, 5.41) is 0.247. The molecule has 0 bridgehead atoms. The predicted octanol–water partition coefficient (Wildman–Crippen LogP) is 3.96. The molecule has 15 heavy (non-hydrogen) atoms. The summed E-state index contributed by atoms with van der Waals surface area (Å²) >= 11 is 1.45. The van der Waals surface area contributed by atoms with Crippen LogP contribution in [0.5, 0.6) is 0 Å². The van der Waals surface area contributed by atoms with Crippen molar-refractivity contribution in [2.45, 2.75) is 39.0 Å². The molecule has 0 saturated carbocycles. The van der Waals surface area contributed by atoms with Crippen molar-refractivity contribution in [2.24, 2.45) is 5.92 Å². The van der Waals surface area contributed by atoms with E-state index < -0.39 is 0 Å². The van der Waals surface area contributed by atoms with Gasteiger partial charge in [-0.25, -0.2) is 0 Å². The zero-order valence-corrected chi connectivity index (χ0v) is 10.3. The second-order valence-electron chi connectivity index (χ2n) is 3.98. The van der Waals surface area contributed by atoms with Crippen molar-refractivity contribution in [2.75, 3.05) is 5.75 Å². The standard InChI is InChI=1S/C13H20OS/c1-12(14)15-11-7-3-2-4-8-13-9-5-6-10-13/h5-6,9-10,13H,2-4,7-8,11H2,1H3. The van der Waals surface area contributed by atoms with E-state index in [0.29, 0.717) is 5.92 Å². The van der Waals surface area contributed by atoms with Gasteiger partial charge in [0.1, 0.15) is 0 Å². The second kappa shape index (κ2) is 7.75.